The number of rotatable bonds is 6. The summed E-state index contributed by atoms with van der Waals surface area (Å²) < 4.78 is 10.3. The van der Waals surface area contributed by atoms with Crippen LogP contribution in [0.15, 0.2) is 24.3 Å². The molecule has 0 saturated carbocycles. The molecule has 0 unspecified atom stereocenters. The SMILES string of the molecule is CCN(CC)C(=O)COC(=O)c1cc2cc(OC)ccc2nc1C. The van der Waals surface area contributed by atoms with E-state index in [2.05, 4.69) is 4.98 Å². The summed E-state index contributed by atoms with van der Waals surface area (Å²) >= 11 is 0. The fraction of sp³-hybridized carbons (Fsp3) is 0.389. The summed E-state index contributed by atoms with van der Waals surface area (Å²) in [6.45, 7) is 6.41. The van der Waals surface area contributed by atoms with E-state index in [9.17, 15) is 9.59 Å². The smallest absolute Gasteiger partial charge is 0.340 e. The Hall–Kier alpha value is -2.63. The van der Waals surface area contributed by atoms with Crippen LogP contribution >= 0.6 is 0 Å². The number of amides is 1. The first-order chi connectivity index (χ1) is 11.5. The number of fused-ring (bicyclic) bond motifs is 1. The number of methoxy groups -OCH3 is 1. The van der Waals surface area contributed by atoms with Crippen molar-refractivity contribution >= 4 is 22.8 Å². The Labute approximate surface area is 141 Å². The summed E-state index contributed by atoms with van der Waals surface area (Å²) in [6.07, 6.45) is 0. The minimum Gasteiger partial charge on any atom is -0.497 e. The molecule has 0 fully saturated rings. The zero-order valence-corrected chi connectivity index (χ0v) is 14.5. The van der Waals surface area contributed by atoms with Crippen molar-refractivity contribution in [3.63, 3.8) is 0 Å². The normalized spacial score (nSPS) is 10.5. The van der Waals surface area contributed by atoms with Crippen LogP contribution in [-0.2, 0) is 9.53 Å². The summed E-state index contributed by atoms with van der Waals surface area (Å²) in [6, 6.07) is 7.17. The average molecular weight is 330 g/mol. The van der Waals surface area contributed by atoms with Crippen molar-refractivity contribution in [3.05, 3.63) is 35.5 Å². The number of benzene rings is 1. The molecule has 1 aromatic heterocycles. The lowest BCUT2D eigenvalue weighted by Crippen LogP contribution is -2.34. The Morgan fingerprint density at radius 3 is 2.50 bits per heavy atom. The van der Waals surface area contributed by atoms with Crippen LogP contribution in [0, 0.1) is 6.92 Å². The van der Waals surface area contributed by atoms with Gasteiger partial charge < -0.3 is 14.4 Å². The number of nitrogens with zero attached hydrogens (tertiary/aromatic N) is 2. The highest BCUT2D eigenvalue weighted by Gasteiger charge is 2.17. The summed E-state index contributed by atoms with van der Waals surface area (Å²) in [5.74, 6) is -0.0733. The lowest BCUT2D eigenvalue weighted by Gasteiger charge is -2.18. The highest BCUT2D eigenvalue weighted by Crippen LogP contribution is 2.22. The predicted molar refractivity (Wildman–Crippen MR) is 91.2 cm³/mol. The van der Waals surface area contributed by atoms with E-state index < -0.39 is 5.97 Å². The molecule has 0 aliphatic carbocycles. The molecule has 0 aliphatic heterocycles. The third-order valence-corrected chi connectivity index (χ3v) is 3.88. The molecule has 2 rings (SSSR count). The number of pyridine rings is 1. The van der Waals surface area contributed by atoms with Crippen LogP contribution in [0.25, 0.3) is 10.9 Å². The third kappa shape index (κ3) is 3.82. The lowest BCUT2D eigenvalue weighted by atomic mass is 10.1. The van der Waals surface area contributed by atoms with E-state index >= 15 is 0 Å². The van der Waals surface area contributed by atoms with Gasteiger partial charge in [0.15, 0.2) is 6.61 Å². The largest absolute Gasteiger partial charge is 0.497 e. The fourth-order valence-corrected chi connectivity index (χ4v) is 2.46. The number of hydrogen-bond donors (Lipinski definition) is 0. The van der Waals surface area contributed by atoms with Gasteiger partial charge in [-0.25, -0.2) is 4.79 Å². The maximum atomic E-state index is 12.3. The van der Waals surface area contributed by atoms with Gasteiger partial charge in [0.1, 0.15) is 5.75 Å². The number of likely N-dealkylation sites (N-methyl/N-ethyl adjacent to an activating group) is 1. The highest BCUT2D eigenvalue weighted by atomic mass is 16.5. The van der Waals surface area contributed by atoms with Crippen LogP contribution in [0.1, 0.15) is 29.9 Å². The molecule has 1 heterocycles. The highest BCUT2D eigenvalue weighted by molar-refractivity contribution is 5.96. The van der Waals surface area contributed by atoms with Gasteiger partial charge in [-0.05, 0) is 45.0 Å². The van der Waals surface area contributed by atoms with Gasteiger partial charge in [-0.2, -0.15) is 0 Å². The standard InChI is InChI=1S/C18H22N2O4/c1-5-20(6-2)17(21)11-24-18(22)15-10-13-9-14(23-4)7-8-16(13)19-12(15)3/h7-10H,5-6,11H2,1-4H3. The van der Waals surface area contributed by atoms with E-state index in [-0.39, 0.29) is 12.5 Å². The number of carbonyl (C=O) groups excluding carboxylic acids is 2. The Kier molecular flexibility index (Phi) is 5.73. The Morgan fingerprint density at radius 1 is 1.17 bits per heavy atom. The number of esters is 1. The Bertz CT molecular complexity index is 754. The molecule has 6 heteroatoms. The second-order valence-corrected chi connectivity index (χ2v) is 5.32. The number of carbonyl (C=O) groups is 2. The molecule has 0 spiro atoms. The molecule has 0 aliphatic rings. The van der Waals surface area contributed by atoms with Gasteiger partial charge in [0, 0.05) is 18.5 Å². The van der Waals surface area contributed by atoms with Crippen LogP contribution in [0.4, 0.5) is 0 Å². The number of aromatic nitrogens is 1. The van der Waals surface area contributed by atoms with Gasteiger partial charge in [0.2, 0.25) is 0 Å². The molecule has 0 saturated heterocycles. The summed E-state index contributed by atoms with van der Waals surface area (Å²) in [5, 5.41) is 0.780. The van der Waals surface area contributed by atoms with Crippen molar-refractivity contribution in [3.8, 4) is 5.75 Å². The Balaban J connectivity index is 2.19. The summed E-state index contributed by atoms with van der Waals surface area (Å²) in [5.41, 5.74) is 1.68. The van der Waals surface area contributed by atoms with E-state index in [0.717, 1.165) is 10.9 Å². The summed E-state index contributed by atoms with van der Waals surface area (Å²) in [7, 11) is 1.58. The van der Waals surface area contributed by atoms with Crippen LogP contribution < -0.4 is 4.74 Å². The minimum atomic E-state index is -0.551. The van der Waals surface area contributed by atoms with E-state index in [1.807, 2.05) is 26.0 Å². The van der Waals surface area contributed by atoms with Crippen LogP contribution in [0.5, 0.6) is 5.75 Å². The molecule has 1 amide bonds. The molecular weight excluding hydrogens is 308 g/mol. The quantitative estimate of drug-likeness (QED) is 0.762. The van der Waals surface area contributed by atoms with E-state index in [1.165, 1.54) is 0 Å². The molecule has 0 atom stereocenters. The topological polar surface area (TPSA) is 68.7 Å². The molecule has 0 N–H and O–H groups in total. The predicted octanol–water partition coefficient (Wildman–Crippen LogP) is 2.58. The number of hydrogen-bond acceptors (Lipinski definition) is 5. The molecule has 1 aromatic carbocycles. The van der Waals surface area contributed by atoms with E-state index in [1.54, 1.807) is 31.1 Å². The molecule has 0 radical (unpaired) electrons. The van der Waals surface area contributed by atoms with Crippen molar-refractivity contribution in [2.24, 2.45) is 0 Å². The number of ether oxygens (including phenoxy) is 2. The summed E-state index contributed by atoms with van der Waals surface area (Å²) in [4.78, 5) is 30.3. The van der Waals surface area contributed by atoms with E-state index in [4.69, 9.17) is 9.47 Å². The molecule has 0 bridgehead atoms. The lowest BCUT2D eigenvalue weighted by molar-refractivity contribution is -0.134. The fourth-order valence-electron chi connectivity index (χ4n) is 2.46. The van der Waals surface area contributed by atoms with Crippen LogP contribution in [0.3, 0.4) is 0 Å². The maximum absolute atomic E-state index is 12.3. The van der Waals surface area contributed by atoms with Gasteiger partial charge in [-0.15, -0.1) is 0 Å². The zero-order valence-electron chi connectivity index (χ0n) is 14.5. The van der Waals surface area contributed by atoms with E-state index in [0.29, 0.717) is 30.1 Å². The molecule has 6 nitrogen and oxygen atoms in total. The van der Waals surface area contributed by atoms with Gasteiger partial charge in [0.05, 0.1) is 23.9 Å². The van der Waals surface area contributed by atoms with Crippen molar-refractivity contribution in [1.29, 1.82) is 0 Å². The van der Waals surface area contributed by atoms with Crippen LogP contribution in [0.2, 0.25) is 0 Å². The second kappa shape index (κ2) is 7.77. The van der Waals surface area contributed by atoms with Crippen molar-refractivity contribution in [1.82, 2.24) is 9.88 Å². The van der Waals surface area contributed by atoms with Crippen molar-refractivity contribution < 1.29 is 19.1 Å². The zero-order chi connectivity index (χ0) is 17.7. The van der Waals surface area contributed by atoms with Crippen molar-refractivity contribution in [2.75, 3.05) is 26.8 Å². The molecular formula is C18H22N2O4. The van der Waals surface area contributed by atoms with Crippen LogP contribution in [-0.4, -0.2) is 48.6 Å². The first-order valence-electron chi connectivity index (χ1n) is 7.90. The second-order valence-electron chi connectivity index (χ2n) is 5.32. The van der Waals surface area contributed by atoms with Gasteiger partial charge in [-0.3, -0.25) is 9.78 Å². The minimum absolute atomic E-state index is 0.207. The first kappa shape index (κ1) is 17.7. The number of aryl methyl sites for hydroxylation is 1. The monoisotopic (exact) mass is 330 g/mol. The van der Waals surface area contributed by atoms with Crippen molar-refractivity contribution in [2.45, 2.75) is 20.8 Å². The third-order valence-electron chi connectivity index (χ3n) is 3.88. The molecule has 128 valence electrons. The Morgan fingerprint density at radius 2 is 1.88 bits per heavy atom. The van der Waals surface area contributed by atoms with Gasteiger partial charge >= 0.3 is 5.97 Å². The average Bonchev–Trinajstić information content (AvgIpc) is 2.59. The maximum Gasteiger partial charge on any atom is 0.340 e. The molecule has 24 heavy (non-hydrogen) atoms. The first-order valence-corrected chi connectivity index (χ1v) is 7.90. The molecule has 2 aromatic rings. The van der Waals surface area contributed by atoms with Gasteiger partial charge in [-0.1, -0.05) is 0 Å². The van der Waals surface area contributed by atoms with Gasteiger partial charge in [0.25, 0.3) is 5.91 Å².